The molecule has 7 aromatic rings. The third-order valence-electron chi connectivity index (χ3n) is 12.1. The molecule has 0 bridgehead atoms. The van der Waals surface area contributed by atoms with Crippen LogP contribution in [0.15, 0.2) is 146 Å². The van der Waals surface area contributed by atoms with Gasteiger partial charge in [-0.1, -0.05) is 94.4 Å². The van der Waals surface area contributed by atoms with Gasteiger partial charge in [0.25, 0.3) is 0 Å². The Morgan fingerprint density at radius 2 is 0.870 bits per heavy atom. The van der Waals surface area contributed by atoms with Gasteiger partial charge < -0.3 is 9.80 Å². The van der Waals surface area contributed by atoms with E-state index in [1.165, 1.54) is 89.5 Å². The molecule has 0 aliphatic heterocycles. The summed E-state index contributed by atoms with van der Waals surface area (Å²) in [6.07, 6.45) is 0. The van der Waals surface area contributed by atoms with Crippen LogP contribution in [0.5, 0.6) is 0 Å². The molecule has 0 atom stereocenters. The molecule has 2 heteroatoms. The molecule has 7 aromatic carbocycles. The quantitative estimate of drug-likeness (QED) is 0.170. The Hall–Kier alpha value is -5.86. The molecule has 0 heterocycles. The molecule has 0 amide bonds. The SMILES string of the molecule is Cc1cccc(N(c2ccccc2)c2ccc3c(c2)C(C)(C)c2cc4c(c(C)c2-3)C(C)(C)c2cc(N(c3ccccc3)c3cccc(C)c3)cc(C)c2-4)c1. The smallest absolute Gasteiger partial charge is 0.0467 e. The van der Waals surface area contributed by atoms with Crippen molar-refractivity contribution in [2.24, 2.45) is 0 Å². The fraction of sp³-hybridized carbons (Fsp3) is 0.192. The second-order valence-corrected chi connectivity index (χ2v) is 16.5. The van der Waals surface area contributed by atoms with Gasteiger partial charge >= 0.3 is 0 Å². The normalized spacial score (nSPS) is 14.2. The molecule has 2 nitrogen and oxygen atoms in total. The molecule has 266 valence electrons. The maximum atomic E-state index is 2.56. The van der Waals surface area contributed by atoms with Gasteiger partial charge in [-0.3, -0.25) is 0 Å². The Morgan fingerprint density at radius 1 is 0.370 bits per heavy atom. The molecule has 0 spiro atoms. The first-order valence-electron chi connectivity index (χ1n) is 19.3. The van der Waals surface area contributed by atoms with Crippen molar-refractivity contribution in [2.75, 3.05) is 9.80 Å². The zero-order chi connectivity index (χ0) is 37.5. The Kier molecular flexibility index (Phi) is 7.76. The number of nitrogens with zero attached hydrogens (tertiary/aromatic N) is 2. The van der Waals surface area contributed by atoms with Crippen LogP contribution in [0.4, 0.5) is 34.1 Å². The lowest BCUT2D eigenvalue weighted by molar-refractivity contribution is 0.648. The van der Waals surface area contributed by atoms with Gasteiger partial charge in [0.15, 0.2) is 0 Å². The highest BCUT2D eigenvalue weighted by Crippen LogP contribution is 2.60. The van der Waals surface area contributed by atoms with Gasteiger partial charge in [0.2, 0.25) is 0 Å². The van der Waals surface area contributed by atoms with Crippen molar-refractivity contribution < 1.29 is 0 Å². The summed E-state index contributed by atoms with van der Waals surface area (Å²) in [7, 11) is 0. The average Bonchev–Trinajstić information content (AvgIpc) is 3.52. The van der Waals surface area contributed by atoms with Gasteiger partial charge in [-0.15, -0.1) is 0 Å². The molecule has 2 aliphatic rings. The summed E-state index contributed by atoms with van der Waals surface area (Å²) in [6.45, 7) is 18.7. The lowest BCUT2D eigenvalue weighted by Gasteiger charge is -2.29. The van der Waals surface area contributed by atoms with Crippen LogP contribution < -0.4 is 9.80 Å². The Morgan fingerprint density at radius 3 is 1.44 bits per heavy atom. The third kappa shape index (κ3) is 5.15. The predicted molar refractivity (Wildman–Crippen MR) is 230 cm³/mol. The number of rotatable bonds is 6. The lowest BCUT2D eigenvalue weighted by Crippen LogP contribution is -2.19. The Bertz CT molecular complexity index is 2590. The van der Waals surface area contributed by atoms with Crippen LogP contribution in [0.1, 0.15) is 72.2 Å². The van der Waals surface area contributed by atoms with Crippen molar-refractivity contribution in [3.05, 3.63) is 190 Å². The first kappa shape index (κ1) is 33.9. The summed E-state index contributed by atoms with van der Waals surface area (Å²) in [5, 5.41) is 0. The first-order valence-corrected chi connectivity index (χ1v) is 19.3. The van der Waals surface area contributed by atoms with Crippen LogP contribution in [-0.4, -0.2) is 0 Å². The maximum absolute atomic E-state index is 2.56. The van der Waals surface area contributed by atoms with Crippen molar-refractivity contribution in [1.29, 1.82) is 0 Å². The van der Waals surface area contributed by atoms with Crippen LogP contribution >= 0.6 is 0 Å². The zero-order valence-electron chi connectivity index (χ0n) is 32.8. The Labute approximate surface area is 321 Å². The van der Waals surface area contributed by atoms with Crippen LogP contribution in [-0.2, 0) is 10.8 Å². The molecule has 0 radical (unpaired) electrons. The van der Waals surface area contributed by atoms with Gasteiger partial charge in [0.1, 0.15) is 0 Å². The highest BCUT2D eigenvalue weighted by Gasteiger charge is 2.44. The Balaban J connectivity index is 1.19. The van der Waals surface area contributed by atoms with E-state index in [9.17, 15) is 0 Å². The fourth-order valence-electron chi connectivity index (χ4n) is 9.68. The number of fused-ring (bicyclic) bond motifs is 6. The molecule has 9 rings (SSSR count). The summed E-state index contributed by atoms with van der Waals surface area (Å²) in [5.74, 6) is 0. The number of para-hydroxylation sites is 2. The molecular formula is C52H48N2. The van der Waals surface area contributed by atoms with Crippen LogP contribution in [0.2, 0.25) is 0 Å². The molecular weight excluding hydrogens is 653 g/mol. The molecule has 0 saturated carbocycles. The number of hydrogen-bond donors (Lipinski definition) is 0. The minimum Gasteiger partial charge on any atom is -0.310 e. The van der Waals surface area contributed by atoms with E-state index in [-0.39, 0.29) is 10.8 Å². The van der Waals surface area contributed by atoms with Gasteiger partial charge in [-0.25, -0.2) is 0 Å². The van der Waals surface area contributed by atoms with E-state index < -0.39 is 0 Å². The van der Waals surface area contributed by atoms with E-state index in [0.29, 0.717) is 0 Å². The van der Waals surface area contributed by atoms with Gasteiger partial charge in [-0.05, 0) is 173 Å². The second kappa shape index (κ2) is 12.4. The molecule has 0 N–H and O–H groups in total. The predicted octanol–water partition coefficient (Wildman–Crippen LogP) is 14.5. The van der Waals surface area contributed by atoms with Gasteiger partial charge in [0, 0.05) is 45.0 Å². The van der Waals surface area contributed by atoms with Crippen LogP contribution in [0.25, 0.3) is 22.3 Å². The summed E-state index contributed by atoms with van der Waals surface area (Å²) in [5.41, 5.74) is 23.1. The first-order chi connectivity index (χ1) is 25.9. The van der Waals surface area contributed by atoms with E-state index in [1.54, 1.807) is 0 Å². The molecule has 0 aromatic heterocycles. The van der Waals surface area contributed by atoms with Gasteiger partial charge in [0.05, 0.1) is 0 Å². The lowest BCUT2D eigenvalue weighted by atomic mass is 9.76. The summed E-state index contributed by atoms with van der Waals surface area (Å²) >= 11 is 0. The van der Waals surface area contributed by atoms with E-state index in [1.807, 2.05) is 0 Å². The monoisotopic (exact) mass is 700 g/mol. The number of hydrogen-bond acceptors (Lipinski definition) is 2. The number of aryl methyl sites for hydroxylation is 3. The zero-order valence-corrected chi connectivity index (χ0v) is 32.8. The van der Waals surface area contributed by atoms with Crippen molar-refractivity contribution in [1.82, 2.24) is 0 Å². The minimum atomic E-state index is -0.179. The highest BCUT2D eigenvalue weighted by atomic mass is 15.1. The number of anilines is 6. The molecule has 0 saturated heterocycles. The number of benzene rings is 7. The largest absolute Gasteiger partial charge is 0.310 e. The van der Waals surface area contributed by atoms with E-state index in [4.69, 9.17) is 0 Å². The second-order valence-electron chi connectivity index (χ2n) is 16.5. The summed E-state index contributed by atoms with van der Waals surface area (Å²) < 4.78 is 0. The third-order valence-corrected chi connectivity index (χ3v) is 12.1. The highest BCUT2D eigenvalue weighted by molar-refractivity contribution is 5.95. The van der Waals surface area contributed by atoms with Crippen molar-refractivity contribution in [3.8, 4) is 22.3 Å². The van der Waals surface area contributed by atoms with E-state index >= 15 is 0 Å². The van der Waals surface area contributed by atoms with Crippen molar-refractivity contribution in [2.45, 2.75) is 66.2 Å². The maximum Gasteiger partial charge on any atom is 0.0467 e. The van der Waals surface area contributed by atoms with E-state index in [0.717, 1.165) is 11.4 Å². The van der Waals surface area contributed by atoms with E-state index in [2.05, 4.69) is 211 Å². The van der Waals surface area contributed by atoms with Crippen molar-refractivity contribution >= 4 is 34.1 Å². The van der Waals surface area contributed by atoms with Crippen molar-refractivity contribution in [3.63, 3.8) is 0 Å². The molecule has 0 fully saturated rings. The topological polar surface area (TPSA) is 6.48 Å². The molecule has 54 heavy (non-hydrogen) atoms. The minimum absolute atomic E-state index is 0.175. The standard InChI is InChI=1S/C52H48N2/c1-33-17-15-23-39(27-33)53(37-19-11-9-12-20-37)41-25-26-43-45(30-41)51(5,6)47-32-44-48-35(3)29-42(31-46(48)52(7,8)50(44)36(4)49(43)47)54(38-21-13-10-14-22-38)40-24-16-18-34(2)28-40/h9-32H,1-8H3. The fourth-order valence-corrected chi connectivity index (χ4v) is 9.68. The molecule has 2 aliphatic carbocycles. The molecule has 0 unspecified atom stereocenters. The van der Waals surface area contributed by atoms with Crippen LogP contribution in [0, 0.1) is 27.7 Å². The van der Waals surface area contributed by atoms with Gasteiger partial charge in [-0.2, -0.15) is 0 Å². The average molecular weight is 701 g/mol. The summed E-state index contributed by atoms with van der Waals surface area (Å²) in [6, 6.07) is 53.8. The van der Waals surface area contributed by atoms with Crippen LogP contribution in [0.3, 0.4) is 0 Å². The summed E-state index contributed by atoms with van der Waals surface area (Å²) in [4.78, 5) is 4.81.